The number of nitrogens with zero attached hydrogens (tertiary/aromatic N) is 1. The molecule has 3 heteroatoms. The van der Waals surface area contributed by atoms with Crippen molar-refractivity contribution < 1.29 is 9.90 Å². The summed E-state index contributed by atoms with van der Waals surface area (Å²) in [5.41, 5.74) is 3.36. The Kier molecular flexibility index (Phi) is 5.31. The molecule has 0 saturated heterocycles. The summed E-state index contributed by atoms with van der Waals surface area (Å²) in [7, 11) is 2.21. The lowest BCUT2D eigenvalue weighted by Crippen LogP contribution is -2.32. The third kappa shape index (κ3) is 3.85. The van der Waals surface area contributed by atoms with Crippen LogP contribution < -0.4 is 0 Å². The van der Waals surface area contributed by atoms with Crippen LogP contribution in [0.2, 0.25) is 0 Å². The van der Waals surface area contributed by atoms with Crippen molar-refractivity contribution in [3.8, 4) is 11.1 Å². The fraction of sp³-hybridized carbons (Fsp3) is 0.381. The van der Waals surface area contributed by atoms with Gasteiger partial charge in [0.2, 0.25) is 0 Å². The SMILES string of the molecule is CN(Cc1ccc(-c2ccccc2C(=O)O)cc1)C1CCCCC1. The van der Waals surface area contributed by atoms with E-state index in [-0.39, 0.29) is 0 Å². The minimum atomic E-state index is -0.883. The van der Waals surface area contributed by atoms with Crippen LogP contribution >= 0.6 is 0 Å². The highest BCUT2D eigenvalue weighted by Gasteiger charge is 2.18. The summed E-state index contributed by atoms with van der Waals surface area (Å²) in [5.74, 6) is -0.883. The zero-order valence-electron chi connectivity index (χ0n) is 14.2. The molecular formula is C21H25NO2. The van der Waals surface area contributed by atoms with Crippen molar-refractivity contribution in [3.05, 3.63) is 59.7 Å². The molecule has 24 heavy (non-hydrogen) atoms. The van der Waals surface area contributed by atoms with Gasteiger partial charge in [0.15, 0.2) is 0 Å². The van der Waals surface area contributed by atoms with Crippen molar-refractivity contribution in [2.45, 2.75) is 44.7 Å². The smallest absolute Gasteiger partial charge is 0.336 e. The summed E-state index contributed by atoms with van der Waals surface area (Å²) in [6.45, 7) is 0.950. The molecule has 0 radical (unpaired) electrons. The van der Waals surface area contributed by atoms with E-state index in [1.807, 2.05) is 24.3 Å². The summed E-state index contributed by atoms with van der Waals surface area (Å²) >= 11 is 0. The van der Waals surface area contributed by atoms with E-state index < -0.39 is 5.97 Å². The topological polar surface area (TPSA) is 40.5 Å². The predicted molar refractivity (Wildman–Crippen MR) is 97.2 cm³/mol. The van der Waals surface area contributed by atoms with Crippen LogP contribution in [0.1, 0.15) is 48.0 Å². The number of aromatic carboxylic acids is 1. The first-order valence-corrected chi connectivity index (χ1v) is 8.77. The first-order valence-electron chi connectivity index (χ1n) is 8.77. The maximum absolute atomic E-state index is 11.4. The number of carboxylic acids is 1. The van der Waals surface area contributed by atoms with E-state index in [0.717, 1.165) is 17.7 Å². The minimum Gasteiger partial charge on any atom is -0.478 e. The molecule has 126 valence electrons. The van der Waals surface area contributed by atoms with Crippen molar-refractivity contribution in [1.29, 1.82) is 0 Å². The molecule has 0 bridgehead atoms. The minimum absolute atomic E-state index is 0.351. The summed E-state index contributed by atoms with van der Waals surface area (Å²) < 4.78 is 0. The zero-order valence-corrected chi connectivity index (χ0v) is 14.2. The molecule has 0 atom stereocenters. The lowest BCUT2D eigenvalue weighted by molar-refractivity contribution is 0.0697. The lowest BCUT2D eigenvalue weighted by atomic mass is 9.94. The van der Waals surface area contributed by atoms with Crippen LogP contribution in [0.4, 0.5) is 0 Å². The Bertz CT molecular complexity index is 687. The van der Waals surface area contributed by atoms with Gasteiger partial charge in [-0.15, -0.1) is 0 Å². The highest BCUT2D eigenvalue weighted by Crippen LogP contribution is 2.26. The molecule has 1 fully saturated rings. The van der Waals surface area contributed by atoms with Crippen molar-refractivity contribution in [3.63, 3.8) is 0 Å². The van der Waals surface area contributed by atoms with Gasteiger partial charge in [0.25, 0.3) is 0 Å². The summed E-state index contributed by atoms with van der Waals surface area (Å²) in [6, 6.07) is 16.2. The molecule has 1 aliphatic rings. The average Bonchev–Trinajstić information content (AvgIpc) is 2.63. The number of carboxylic acid groups (broad SMARTS) is 1. The van der Waals surface area contributed by atoms with E-state index in [1.54, 1.807) is 12.1 Å². The van der Waals surface area contributed by atoms with Gasteiger partial charge >= 0.3 is 5.97 Å². The standard InChI is InChI=1S/C21H25NO2/c1-22(18-7-3-2-4-8-18)15-16-11-13-17(14-12-16)19-9-5-6-10-20(19)21(23)24/h5-6,9-14,18H,2-4,7-8,15H2,1H3,(H,23,24). The van der Waals surface area contributed by atoms with E-state index in [9.17, 15) is 9.90 Å². The normalized spacial score (nSPS) is 15.6. The predicted octanol–water partition coefficient (Wildman–Crippen LogP) is 4.82. The molecule has 1 saturated carbocycles. The molecule has 0 spiro atoms. The van der Waals surface area contributed by atoms with Gasteiger partial charge in [0, 0.05) is 12.6 Å². The second-order valence-electron chi connectivity index (χ2n) is 6.75. The number of hydrogen-bond acceptors (Lipinski definition) is 2. The highest BCUT2D eigenvalue weighted by atomic mass is 16.4. The maximum atomic E-state index is 11.4. The molecule has 0 aromatic heterocycles. The molecule has 0 amide bonds. The molecule has 1 aliphatic carbocycles. The fourth-order valence-corrected chi connectivity index (χ4v) is 3.65. The second-order valence-corrected chi connectivity index (χ2v) is 6.75. The van der Waals surface area contributed by atoms with Crippen LogP contribution in [0.5, 0.6) is 0 Å². The van der Waals surface area contributed by atoms with Gasteiger partial charge in [-0.2, -0.15) is 0 Å². The first-order chi connectivity index (χ1) is 11.6. The zero-order chi connectivity index (χ0) is 16.9. The van der Waals surface area contributed by atoms with Gasteiger partial charge < -0.3 is 5.11 Å². The highest BCUT2D eigenvalue weighted by molar-refractivity contribution is 5.95. The molecule has 2 aromatic carbocycles. The van der Waals surface area contributed by atoms with E-state index in [1.165, 1.54) is 37.7 Å². The number of benzene rings is 2. The van der Waals surface area contributed by atoms with Gasteiger partial charge in [-0.05, 0) is 42.6 Å². The quantitative estimate of drug-likeness (QED) is 0.858. The molecule has 3 nitrogen and oxygen atoms in total. The van der Waals surface area contributed by atoms with Gasteiger partial charge in [-0.3, -0.25) is 4.90 Å². The lowest BCUT2D eigenvalue weighted by Gasteiger charge is -2.31. The van der Waals surface area contributed by atoms with Crippen molar-refractivity contribution in [1.82, 2.24) is 4.90 Å². The van der Waals surface area contributed by atoms with Crippen LogP contribution in [0.25, 0.3) is 11.1 Å². The summed E-state index contributed by atoms with van der Waals surface area (Å²) in [4.78, 5) is 13.8. The van der Waals surface area contributed by atoms with Crippen LogP contribution in [0.15, 0.2) is 48.5 Å². The van der Waals surface area contributed by atoms with E-state index >= 15 is 0 Å². The van der Waals surface area contributed by atoms with Gasteiger partial charge in [0.05, 0.1) is 5.56 Å². The molecule has 0 unspecified atom stereocenters. The van der Waals surface area contributed by atoms with Gasteiger partial charge in [0.1, 0.15) is 0 Å². The third-order valence-corrected chi connectivity index (χ3v) is 5.05. The molecule has 0 heterocycles. The van der Waals surface area contributed by atoms with Gasteiger partial charge in [-0.25, -0.2) is 4.79 Å². The number of carbonyl (C=O) groups is 1. The van der Waals surface area contributed by atoms with Crippen molar-refractivity contribution >= 4 is 5.97 Å². The Balaban J connectivity index is 1.73. The average molecular weight is 323 g/mol. The third-order valence-electron chi connectivity index (χ3n) is 5.05. The summed E-state index contributed by atoms with van der Waals surface area (Å²) in [6.07, 6.45) is 6.68. The molecule has 2 aromatic rings. The first kappa shape index (κ1) is 16.7. The van der Waals surface area contributed by atoms with E-state index in [4.69, 9.17) is 0 Å². The molecule has 0 aliphatic heterocycles. The molecule has 1 N–H and O–H groups in total. The van der Waals surface area contributed by atoms with Crippen molar-refractivity contribution in [2.24, 2.45) is 0 Å². The number of hydrogen-bond donors (Lipinski definition) is 1. The summed E-state index contributed by atoms with van der Waals surface area (Å²) in [5, 5.41) is 9.34. The molecular weight excluding hydrogens is 298 g/mol. The maximum Gasteiger partial charge on any atom is 0.336 e. The van der Waals surface area contributed by atoms with Crippen LogP contribution in [-0.2, 0) is 6.54 Å². The fourth-order valence-electron chi connectivity index (χ4n) is 3.65. The Morgan fingerprint density at radius 2 is 1.71 bits per heavy atom. The second kappa shape index (κ2) is 7.63. The Morgan fingerprint density at radius 1 is 1.04 bits per heavy atom. The molecule has 3 rings (SSSR count). The van der Waals surface area contributed by atoms with Crippen LogP contribution in [0.3, 0.4) is 0 Å². The Morgan fingerprint density at radius 3 is 2.38 bits per heavy atom. The van der Waals surface area contributed by atoms with E-state index in [2.05, 4.69) is 24.1 Å². The number of rotatable bonds is 5. The van der Waals surface area contributed by atoms with E-state index in [0.29, 0.717) is 11.6 Å². The Hall–Kier alpha value is -2.13. The Labute approximate surface area is 143 Å². The monoisotopic (exact) mass is 323 g/mol. The van der Waals surface area contributed by atoms with Crippen LogP contribution in [0, 0.1) is 0 Å². The van der Waals surface area contributed by atoms with Crippen molar-refractivity contribution in [2.75, 3.05) is 7.05 Å². The van der Waals surface area contributed by atoms with Crippen LogP contribution in [-0.4, -0.2) is 29.1 Å². The van der Waals surface area contributed by atoms with Gasteiger partial charge in [-0.1, -0.05) is 61.7 Å². The largest absolute Gasteiger partial charge is 0.478 e.